The van der Waals surface area contributed by atoms with Crippen LogP contribution in [0.3, 0.4) is 0 Å². The van der Waals surface area contributed by atoms with Crippen molar-refractivity contribution >= 4 is 34.4 Å². The van der Waals surface area contributed by atoms with Gasteiger partial charge in [-0.15, -0.1) is 11.3 Å². The summed E-state index contributed by atoms with van der Waals surface area (Å²) in [7, 11) is 0. The van der Waals surface area contributed by atoms with Gasteiger partial charge >= 0.3 is 12.1 Å². The number of aromatic nitrogens is 1. The molecule has 1 aromatic heterocycles. The summed E-state index contributed by atoms with van der Waals surface area (Å²) in [5, 5.41) is 14.5. The number of hydrogen-bond donors (Lipinski definition) is 2. The molecule has 1 atom stereocenters. The van der Waals surface area contributed by atoms with Crippen LogP contribution in [0.1, 0.15) is 24.3 Å². The second-order valence-corrected chi connectivity index (χ2v) is 7.05. The smallest absolute Gasteiger partial charge is 0.412 e. The fourth-order valence-corrected chi connectivity index (χ4v) is 3.40. The van der Waals surface area contributed by atoms with Crippen LogP contribution in [-0.4, -0.2) is 77.6 Å². The Kier molecular flexibility index (Phi) is 5.28. The summed E-state index contributed by atoms with van der Waals surface area (Å²) in [4.78, 5) is 42.4. The Balaban J connectivity index is 1.40. The van der Waals surface area contributed by atoms with Crippen molar-refractivity contribution in [3.63, 3.8) is 0 Å². The average Bonchev–Trinajstić information content (AvgIpc) is 2.95. The zero-order valence-electron chi connectivity index (χ0n) is 14.4. The predicted octanol–water partition coefficient (Wildman–Crippen LogP) is -0.216. The summed E-state index contributed by atoms with van der Waals surface area (Å²) in [6.45, 7) is 4.36. The van der Waals surface area contributed by atoms with Gasteiger partial charge in [-0.1, -0.05) is 0 Å². The minimum atomic E-state index is -0.956. The normalized spacial score (nSPS) is 18.6. The Morgan fingerprint density at radius 1 is 1.31 bits per heavy atom. The molecule has 2 fully saturated rings. The van der Waals surface area contributed by atoms with E-state index in [4.69, 9.17) is 9.47 Å². The van der Waals surface area contributed by atoms with Gasteiger partial charge in [-0.3, -0.25) is 9.59 Å². The quantitative estimate of drug-likeness (QED) is 0.528. The standard InChI is InChI=1S/C15H20N4O6S/c1-8(20)24-9(2)25-15(23)19-3-10(4-19)16-13(22)12-7-26-14(17-12)18-5-11(21)6-18/h7,9-11,21H,3-6H2,1-2H3,(H,16,22). The number of aliphatic hydroxyl groups excluding tert-OH is 1. The SMILES string of the molecule is CC(=O)OC(C)OC(=O)N1CC(NC(=O)c2csc(N3CC(O)C3)n2)C1. The van der Waals surface area contributed by atoms with Crippen molar-refractivity contribution in [2.45, 2.75) is 32.3 Å². The number of likely N-dealkylation sites (tertiary alicyclic amines) is 1. The van der Waals surface area contributed by atoms with Gasteiger partial charge < -0.3 is 29.7 Å². The first kappa shape index (κ1) is 18.4. The van der Waals surface area contributed by atoms with Crippen LogP contribution in [0.5, 0.6) is 0 Å². The zero-order valence-corrected chi connectivity index (χ0v) is 15.2. The molecule has 0 bridgehead atoms. The van der Waals surface area contributed by atoms with Gasteiger partial charge in [-0.25, -0.2) is 9.78 Å². The Hall–Kier alpha value is -2.40. The maximum absolute atomic E-state index is 12.2. The molecule has 2 aliphatic rings. The lowest BCUT2D eigenvalue weighted by molar-refractivity contribution is -0.163. The number of hydrogen-bond acceptors (Lipinski definition) is 9. The van der Waals surface area contributed by atoms with E-state index < -0.39 is 18.4 Å². The summed E-state index contributed by atoms with van der Waals surface area (Å²) in [5.74, 6) is -0.839. The molecule has 2 amide bonds. The molecule has 1 aromatic rings. The number of ether oxygens (including phenoxy) is 2. The lowest BCUT2D eigenvalue weighted by Gasteiger charge is -2.38. The van der Waals surface area contributed by atoms with E-state index in [9.17, 15) is 19.5 Å². The van der Waals surface area contributed by atoms with E-state index in [-0.39, 0.29) is 18.1 Å². The molecule has 0 aliphatic carbocycles. The zero-order chi connectivity index (χ0) is 18.8. The fraction of sp³-hybridized carbons (Fsp3) is 0.600. The largest absolute Gasteiger partial charge is 0.426 e. The Bertz CT molecular complexity index is 698. The molecule has 2 N–H and O–H groups in total. The van der Waals surface area contributed by atoms with Crippen molar-refractivity contribution in [2.24, 2.45) is 0 Å². The van der Waals surface area contributed by atoms with Crippen molar-refractivity contribution in [3.8, 4) is 0 Å². The molecular formula is C15H20N4O6S. The fourth-order valence-electron chi connectivity index (χ4n) is 2.58. The summed E-state index contributed by atoms with van der Waals surface area (Å²) in [5.41, 5.74) is 0.316. The van der Waals surface area contributed by atoms with Crippen LogP contribution in [0.15, 0.2) is 5.38 Å². The topological polar surface area (TPSA) is 121 Å². The molecular weight excluding hydrogens is 364 g/mol. The number of amides is 2. The average molecular weight is 384 g/mol. The van der Waals surface area contributed by atoms with Gasteiger partial charge in [0.05, 0.1) is 12.1 Å². The lowest BCUT2D eigenvalue weighted by Crippen LogP contribution is -2.61. The molecule has 0 spiro atoms. The maximum Gasteiger partial charge on any atom is 0.412 e. The maximum atomic E-state index is 12.2. The van der Waals surface area contributed by atoms with Crippen LogP contribution >= 0.6 is 11.3 Å². The Morgan fingerprint density at radius 3 is 2.62 bits per heavy atom. The molecule has 2 saturated heterocycles. The highest BCUT2D eigenvalue weighted by molar-refractivity contribution is 7.14. The number of rotatable bonds is 5. The van der Waals surface area contributed by atoms with Crippen LogP contribution in [0.25, 0.3) is 0 Å². The van der Waals surface area contributed by atoms with E-state index in [0.717, 1.165) is 0 Å². The molecule has 1 unspecified atom stereocenters. The van der Waals surface area contributed by atoms with Gasteiger partial charge in [0.1, 0.15) is 5.69 Å². The molecule has 0 aromatic carbocycles. The number of nitrogens with one attached hydrogen (secondary N) is 1. The lowest BCUT2D eigenvalue weighted by atomic mass is 10.1. The Labute approximate surface area is 153 Å². The summed E-state index contributed by atoms with van der Waals surface area (Å²) in [6, 6.07) is -0.185. The predicted molar refractivity (Wildman–Crippen MR) is 90.9 cm³/mol. The number of nitrogens with zero attached hydrogens (tertiary/aromatic N) is 3. The van der Waals surface area contributed by atoms with E-state index in [1.54, 1.807) is 5.38 Å². The number of esters is 1. The number of thiazole rings is 1. The summed E-state index contributed by atoms with van der Waals surface area (Å²) < 4.78 is 9.68. The van der Waals surface area contributed by atoms with E-state index in [1.807, 2.05) is 4.90 Å². The molecule has 11 heteroatoms. The van der Waals surface area contributed by atoms with Gasteiger partial charge in [-0.2, -0.15) is 0 Å². The molecule has 3 rings (SSSR count). The number of β-amino-alcohol motifs (C(OH)–C–C–N with tert-alkyl or cyclic N) is 1. The molecule has 142 valence electrons. The molecule has 3 heterocycles. The van der Waals surface area contributed by atoms with E-state index >= 15 is 0 Å². The third-order valence-corrected chi connectivity index (χ3v) is 4.83. The molecule has 10 nitrogen and oxygen atoms in total. The number of aliphatic hydroxyl groups is 1. The van der Waals surface area contributed by atoms with Crippen molar-refractivity contribution in [2.75, 3.05) is 31.1 Å². The molecule has 2 aliphatic heterocycles. The van der Waals surface area contributed by atoms with Crippen LogP contribution in [0.2, 0.25) is 0 Å². The second-order valence-electron chi connectivity index (χ2n) is 6.21. The van der Waals surface area contributed by atoms with Crippen molar-refractivity contribution < 1.29 is 29.0 Å². The first-order valence-corrected chi connectivity index (χ1v) is 9.02. The highest BCUT2D eigenvalue weighted by Crippen LogP contribution is 2.25. The van der Waals surface area contributed by atoms with Gasteiger partial charge in [-0.05, 0) is 0 Å². The first-order valence-electron chi connectivity index (χ1n) is 8.14. The van der Waals surface area contributed by atoms with Crippen molar-refractivity contribution in [3.05, 3.63) is 11.1 Å². The van der Waals surface area contributed by atoms with Gasteiger partial charge in [0.2, 0.25) is 6.29 Å². The number of anilines is 1. The minimum Gasteiger partial charge on any atom is -0.426 e. The second kappa shape index (κ2) is 7.46. The van der Waals surface area contributed by atoms with Gasteiger partial charge in [0.25, 0.3) is 5.91 Å². The Morgan fingerprint density at radius 2 is 2.00 bits per heavy atom. The van der Waals surface area contributed by atoms with Crippen LogP contribution in [-0.2, 0) is 14.3 Å². The van der Waals surface area contributed by atoms with Gasteiger partial charge in [0.15, 0.2) is 5.13 Å². The third-order valence-electron chi connectivity index (χ3n) is 3.93. The molecule has 0 saturated carbocycles. The van der Waals surface area contributed by atoms with E-state index in [0.29, 0.717) is 37.0 Å². The van der Waals surface area contributed by atoms with E-state index in [2.05, 4.69) is 10.3 Å². The minimum absolute atomic E-state index is 0.185. The van der Waals surface area contributed by atoms with Crippen molar-refractivity contribution in [1.82, 2.24) is 15.2 Å². The van der Waals surface area contributed by atoms with Crippen LogP contribution in [0.4, 0.5) is 9.93 Å². The van der Waals surface area contributed by atoms with E-state index in [1.165, 1.54) is 30.1 Å². The highest BCUT2D eigenvalue weighted by atomic mass is 32.1. The number of carbonyl (C=O) groups excluding carboxylic acids is 3. The van der Waals surface area contributed by atoms with Crippen LogP contribution < -0.4 is 10.2 Å². The highest BCUT2D eigenvalue weighted by Gasteiger charge is 2.34. The third kappa shape index (κ3) is 4.22. The van der Waals surface area contributed by atoms with Gasteiger partial charge in [0, 0.05) is 45.4 Å². The molecule has 26 heavy (non-hydrogen) atoms. The molecule has 0 radical (unpaired) electrons. The summed E-state index contributed by atoms with van der Waals surface area (Å²) >= 11 is 1.35. The van der Waals surface area contributed by atoms with Crippen LogP contribution in [0, 0.1) is 0 Å². The van der Waals surface area contributed by atoms with Crippen molar-refractivity contribution in [1.29, 1.82) is 0 Å². The monoisotopic (exact) mass is 384 g/mol. The summed E-state index contributed by atoms with van der Waals surface area (Å²) in [6.07, 6.45) is -1.89. The first-order chi connectivity index (χ1) is 12.3. The number of carbonyl (C=O) groups is 3.